The van der Waals surface area contributed by atoms with Gasteiger partial charge in [-0.25, -0.2) is 0 Å². The van der Waals surface area contributed by atoms with Gasteiger partial charge in [0.05, 0.1) is 56.2 Å². The third kappa shape index (κ3) is 13.1. The number of hydrogen-bond acceptors (Lipinski definition) is 15. The maximum absolute atomic E-state index is 13.9. The topological polar surface area (TPSA) is 192 Å². The highest BCUT2D eigenvalue weighted by molar-refractivity contribution is 5.91. The summed E-state index contributed by atoms with van der Waals surface area (Å²) in [6.07, 6.45) is -5.01. The number of ether oxygens (including phenoxy) is 8. The molecular weight excluding hydrogens is 778 g/mol. The summed E-state index contributed by atoms with van der Waals surface area (Å²) < 4.78 is 48.4. The monoisotopic (exact) mass is 849 g/mol. The number of nitrogens with zero attached hydrogens (tertiary/aromatic N) is 1. The number of esters is 1. The zero-order valence-electron chi connectivity index (χ0n) is 37.0. The summed E-state index contributed by atoms with van der Waals surface area (Å²) in [5.74, 6) is -2.27. The SMILES string of the molecule is CC[C@H]1OC(=O)C[C@@H](O)[C@H](C)[C@@H](O[C@@H]2O[C@H](C)[C@@H](O)[C@H](N(C)C)[C@H]2O)[C@@H](CCOc2ccccc2)C[C@@H](C)C(=O)/C=C/C(C)=C/[C@@H]1CO[C@@H]1O[C@H](C)[C@@H](O)[C@@H](OC)[C@H]1OC. The molecule has 1 aromatic rings. The number of rotatable bonds is 13. The van der Waals surface area contributed by atoms with Crippen molar-refractivity contribution in [3.8, 4) is 5.75 Å². The Hall–Kier alpha value is -2.80. The normalized spacial score (nSPS) is 40.4. The standard InChI is InChI=1S/C45H71NO14/c1-11-35-31(24-56-45-43(54-10)42(53-9)39(51)29(6)58-45)21-25(2)17-18-33(47)26(3)22-30(19-20-55-32-15-13-12-14-16-32)41(27(4)34(48)23-36(49)59-35)60-44-40(52)37(46(7)8)38(50)28(5)57-44/h12-18,21,26-31,34-35,37-45,48,50-52H,11,19-20,22-24H2,1-10H3/b18-17+,25-21+/t26-,27+,28-,29-,30+,31-,34-,35-,37+,38-,39-,40-,41-,42-,43-,44+,45-/m1/s1. The Balaban J connectivity index is 1.67. The molecule has 0 unspecified atom stereocenters. The number of carbonyl (C=O) groups excluding carboxylic acids is 2. The highest BCUT2D eigenvalue weighted by Gasteiger charge is 2.48. The van der Waals surface area contributed by atoms with Gasteiger partial charge in [-0.15, -0.1) is 0 Å². The third-order valence-electron chi connectivity index (χ3n) is 12.2. The summed E-state index contributed by atoms with van der Waals surface area (Å²) in [4.78, 5) is 29.4. The van der Waals surface area contributed by atoms with Crippen LogP contribution in [0.25, 0.3) is 0 Å². The van der Waals surface area contributed by atoms with Crippen LogP contribution >= 0.6 is 0 Å². The number of benzene rings is 1. The van der Waals surface area contributed by atoms with E-state index in [4.69, 9.17) is 37.9 Å². The molecule has 0 amide bonds. The minimum absolute atomic E-state index is 0.0253. The van der Waals surface area contributed by atoms with Crippen LogP contribution in [0, 0.1) is 23.7 Å². The van der Waals surface area contributed by atoms with Crippen LogP contribution in [0.4, 0.5) is 0 Å². The molecule has 17 atom stereocenters. The Bertz CT molecular complexity index is 1530. The minimum atomic E-state index is -1.27. The molecule has 4 N–H and O–H groups in total. The van der Waals surface area contributed by atoms with E-state index in [1.165, 1.54) is 20.3 Å². The van der Waals surface area contributed by atoms with Gasteiger partial charge < -0.3 is 63.2 Å². The number of likely N-dealkylation sites (N-methyl/N-ethyl adjacent to an activating group) is 1. The van der Waals surface area contributed by atoms with Gasteiger partial charge in [-0.05, 0) is 78.3 Å². The number of aliphatic hydroxyl groups is 4. The molecule has 0 spiro atoms. The molecule has 1 aromatic carbocycles. The van der Waals surface area contributed by atoms with E-state index < -0.39 is 109 Å². The first kappa shape index (κ1) is 49.9. The lowest BCUT2D eigenvalue weighted by atomic mass is 9.79. The van der Waals surface area contributed by atoms with E-state index in [0.717, 1.165) is 5.57 Å². The second kappa shape index (κ2) is 23.6. The largest absolute Gasteiger partial charge is 0.494 e. The molecule has 4 rings (SSSR count). The number of ketones is 1. The molecule has 3 aliphatic heterocycles. The van der Waals surface area contributed by atoms with Crippen molar-refractivity contribution in [2.75, 3.05) is 41.5 Å². The van der Waals surface area contributed by atoms with Crippen LogP contribution in [-0.2, 0) is 42.7 Å². The number of methoxy groups -OCH3 is 2. The van der Waals surface area contributed by atoms with Crippen LogP contribution in [-0.4, -0.2) is 158 Å². The second-order valence-electron chi connectivity index (χ2n) is 16.9. The Morgan fingerprint density at radius 2 is 1.48 bits per heavy atom. The van der Waals surface area contributed by atoms with Crippen LogP contribution < -0.4 is 4.74 Å². The molecule has 3 aliphatic rings. The summed E-state index contributed by atoms with van der Waals surface area (Å²) >= 11 is 0. The minimum Gasteiger partial charge on any atom is -0.494 e. The fourth-order valence-corrected chi connectivity index (χ4v) is 8.53. The summed E-state index contributed by atoms with van der Waals surface area (Å²) in [7, 11) is 6.46. The molecule has 340 valence electrons. The van der Waals surface area contributed by atoms with Crippen molar-refractivity contribution in [1.82, 2.24) is 4.90 Å². The maximum Gasteiger partial charge on any atom is 0.308 e. The van der Waals surface area contributed by atoms with Crippen LogP contribution in [0.15, 0.2) is 54.1 Å². The van der Waals surface area contributed by atoms with E-state index in [0.29, 0.717) is 25.0 Å². The van der Waals surface area contributed by atoms with Crippen LogP contribution in [0.3, 0.4) is 0 Å². The van der Waals surface area contributed by atoms with E-state index >= 15 is 0 Å². The Kier molecular flexibility index (Phi) is 19.6. The molecule has 2 saturated heterocycles. The summed E-state index contributed by atoms with van der Waals surface area (Å²) in [5.41, 5.74) is 0.732. The molecule has 15 heteroatoms. The first-order valence-electron chi connectivity index (χ1n) is 21.3. The molecule has 0 radical (unpaired) electrons. The molecular formula is C45H71NO14. The second-order valence-corrected chi connectivity index (χ2v) is 16.9. The van der Waals surface area contributed by atoms with Crippen LogP contribution in [0.2, 0.25) is 0 Å². The van der Waals surface area contributed by atoms with Crippen molar-refractivity contribution in [3.63, 3.8) is 0 Å². The smallest absolute Gasteiger partial charge is 0.308 e. The van der Waals surface area contributed by atoms with Crippen molar-refractivity contribution in [2.45, 2.75) is 147 Å². The summed E-state index contributed by atoms with van der Waals surface area (Å²) in [6, 6.07) is 8.62. The third-order valence-corrected chi connectivity index (χ3v) is 12.2. The molecule has 0 saturated carbocycles. The zero-order valence-corrected chi connectivity index (χ0v) is 37.0. The van der Waals surface area contributed by atoms with E-state index in [1.54, 1.807) is 45.8 Å². The Labute approximate surface area is 355 Å². The van der Waals surface area contributed by atoms with Crippen LogP contribution in [0.1, 0.15) is 67.2 Å². The van der Waals surface area contributed by atoms with Crippen LogP contribution in [0.5, 0.6) is 5.75 Å². The predicted octanol–water partition coefficient (Wildman–Crippen LogP) is 3.44. The lowest BCUT2D eigenvalue weighted by Gasteiger charge is -2.46. The van der Waals surface area contributed by atoms with Gasteiger partial charge in [0, 0.05) is 32.0 Å². The maximum atomic E-state index is 13.9. The van der Waals surface area contributed by atoms with E-state index in [2.05, 4.69) is 0 Å². The van der Waals surface area contributed by atoms with Gasteiger partial charge in [0.25, 0.3) is 0 Å². The molecule has 3 heterocycles. The Morgan fingerprint density at radius 3 is 2.12 bits per heavy atom. The molecule has 0 aromatic heterocycles. The van der Waals surface area contributed by atoms with Crippen molar-refractivity contribution in [3.05, 3.63) is 54.1 Å². The average Bonchev–Trinajstić information content (AvgIpc) is 3.21. The van der Waals surface area contributed by atoms with Gasteiger partial charge in [-0.1, -0.05) is 56.7 Å². The number of hydrogen-bond donors (Lipinski definition) is 4. The quantitative estimate of drug-likeness (QED) is 0.211. The van der Waals surface area contributed by atoms with Gasteiger partial charge in [-0.3, -0.25) is 9.59 Å². The molecule has 2 fully saturated rings. The first-order valence-corrected chi connectivity index (χ1v) is 21.3. The number of carbonyl (C=O) groups is 2. The van der Waals surface area contributed by atoms with Crippen molar-refractivity contribution in [1.29, 1.82) is 0 Å². The number of aliphatic hydroxyl groups excluding tert-OH is 4. The first-order chi connectivity index (χ1) is 28.5. The number of allylic oxidation sites excluding steroid dienone is 3. The van der Waals surface area contributed by atoms with E-state index in [9.17, 15) is 30.0 Å². The lowest BCUT2D eigenvalue weighted by molar-refractivity contribution is -0.304. The van der Waals surface area contributed by atoms with Gasteiger partial charge in [0.1, 0.15) is 36.3 Å². The number of para-hydroxylation sites is 1. The molecule has 0 bridgehead atoms. The summed E-state index contributed by atoms with van der Waals surface area (Å²) in [5, 5.41) is 45.0. The molecule has 15 nitrogen and oxygen atoms in total. The molecule has 0 aliphatic carbocycles. The van der Waals surface area contributed by atoms with Crippen molar-refractivity contribution >= 4 is 11.8 Å². The highest BCUT2D eigenvalue weighted by atomic mass is 16.7. The highest BCUT2D eigenvalue weighted by Crippen LogP contribution is 2.35. The summed E-state index contributed by atoms with van der Waals surface area (Å²) in [6.45, 7) is 11.0. The zero-order chi connectivity index (χ0) is 44.3. The molecule has 60 heavy (non-hydrogen) atoms. The van der Waals surface area contributed by atoms with Gasteiger partial charge in [-0.2, -0.15) is 0 Å². The van der Waals surface area contributed by atoms with Gasteiger partial charge in [0.2, 0.25) is 0 Å². The fourth-order valence-electron chi connectivity index (χ4n) is 8.53. The van der Waals surface area contributed by atoms with Crippen molar-refractivity contribution < 1.29 is 67.9 Å². The number of cyclic esters (lactones) is 1. The lowest BCUT2D eigenvalue weighted by Crippen LogP contribution is -2.63. The van der Waals surface area contributed by atoms with Crippen molar-refractivity contribution in [2.24, 2.45) is 23.7 Å². The average molecular weight is 850 g/mol. The fraction of sp³-hybridized carbons (Fsp3) is 0.733. The van der Waals surface area contributed by atoms with Gasteiger partial charge in [0.15, 0.2) is 18.4 Å². The van der Waals surface area contributed by atoms with Gasteiger partial charge >= 0.3 is 5.97 Å². The Morgan fingerprint density at radius 1 is 0.833 bits per heavy atom. The van der Waals surface area contributed by atoms with E-state index in [-0.39, 0.29) is 25.4 Å². The van der Waals surface area contributed by atoms with E-state index in [1.807, 2.05) is 57.2 Å². The predicted molar refractivity (Wildman–Crippen MR) is 222 cm³/mol.